The molecule has 2 aromatic heterocycles. The molecule has 0 bridgehead atoms. The third-order valence-corrected chi connectivity index (χ3v) is 4.15. The van der Waals surface area contributed by atoms with Crippen molar-refractivity contribution in [1.29, 1.82) is 0 Å². The van der Waals surface area contributed by atoms with Gasteiger partial charge in [0.1, 0.15) is 5.82 Å². The zero-order valence-corrected chi connectivity index (χ0v) is 13.8. The van der Waals surface area contributed by atoms with E-state index < -0.39 is 5.69 Å². The molecule has 1 aromatic carbocycles. The highest BCUT2D eigenvalue weighted by Gasteiger charge is 2.18. The first-order valence-electron chi connectivity index (χ1n) is 7.86. The van der Waals surface area contributed by atoms with Crippen molar-refractivity contribution in [2.45, 2.75) is 26.4 Å². The summed E-state index contributed by atoms with van der Waals surface area (Å²) in [6.45, 7) is 2.45. The number of aryl methyl sites for hydroxylation is 2. The van der Waals surface area contributed by atoms with Crippen molar-refractivity contribution in [3.63, 3.8) is 0 Å². The van der Waals surface area contributed by atoms with Crippen molar-refractivity contribution in [2.24, 2.45) is 7.05 Å². The smallest absolute Gasteiger partial charge is 0.332 e. The first kappa shape index (κ1) is 16.2. The Balaban J connectivity index is 2.23. The standard InChI is InChI=1S/C17H20N4O3/c1-12-18-15-14(21(12)11-13-7-4-3-5-8-13)16(23)20(9-6-10-22)17(24)19(15)2/h3-5,7-8,22H,6,9-11H2,1-2H3. The predicted molar refractivity (Wildman–Crippen MR) is 91.2 cm³/mol. The molecule has 0 unspecified atom stereocenters. The molecular formula is C17H20N4O3. The lowest BCUT2D eigenvalue weighted by Gasteiger charge is -2.10. The maximum atomic E-state index is 12.8. The maximum absolute atomic E-state index is 12.8. The minimum atomic E-state index is -0.412. The normalized spacial score (nSPS) is 11.3. The second-order valence-electron chi connectivity index (χ2n) is 5.78. The molecule has 3 aromatic rings. The van der Waals surface area contributed by atoms with Gasteiger partial charge in [0.15, 0.2) is 11.2 Å². The van der Waals surface area contributed by atoms with Crippen molar-refractivity contribution < 1.29 is 5.11 Å². The molecule has 0 atom stereocenters. The van der Waals surface area contributed by atoms with Gasteiger partial charge in [-0.3, -0.25) is 13.9 Å². The average molecular weight is 328 g/mol. The summed E-state index contributed by atoms with van der Waals surface area (Å²) < 4.78 is 4.39. The molecule has 0 fully saturated rings. The fraction of sp³-hybridized carbons (Fsp3) is 0.353. The van der Waals surface area contributed by atoms with Gasteiger partial charge in [-0.05, 0) is 18.9 Å². The maximum Gasteiger partial charge on any atom is 0.332 e. The van der Waals surface area contributed by atoms with Crippen LogP contribution in [0.1, 0.15) is 17.8 Å². The summed E-state index contributed by atoms with van der Waals surface area (Å²) in [6, 6.07) is 9.79. The molecule has 0 saturated carbocycles. The number of benzene rings is 1. The highest BCUT2D eigenvalue weighted by molar-refractivity contribution is 5.71. The first-order chi connectivity index (χ1) is 11.5. The van der Waals surface area contributed by atoms with E-state index in [2.05, 4.69) is 4.98 Å². The fourth-order valence-corrected chi connectivity index (χ4v) is 2.87. The van der Waals surface area contributed by atoms with Gasteiger partial charge in [-0.2, -0.15) is 0 Å². The minimum Gasteiger partial charge on any atom is -0.396 e. The summed E-state index contributed by atoms with van der Waals surface area (Å²) in [5, 5.41) is 9.00. The van der Waals surface area contributed by atoms with Crippen molar-refractivity contribution >= 4 is 11.2 Å². The number of aliphatic hydroxyl groups excluding tert-OH is 1. The molecule has 0 aliphatic rings. The molecule has 7 nitrogen and oxygen atoms in total. The third kappa shape index (κ3) is 2.67. The van der Waals surface area contributed by atoms with E-state index in [4.69, 9.17) is 5.11 Å². The number of hydrogen-bond acceptors (Lipinski definition) is 4. The average Bonchev–Trinajstić information content (AvgIpc) is 2.91. The number of aliphatic hydroxyl groups is 1. The topological polar surface area (TPSA) is 82.1 Å². The number of hydrogen-bond donors (Lipinski definition) is 1. The van der Waals surface area contributed by atoms with Gasteiger partial charge in [0.2, 0.25) is 0 Å². The Hall–Kier alpha value is -2.67. The third-order valence-electron chi connectivity index (χ3n) is 4.15. The number of imidazole rings is 1. The van der Waals surface area contributed by atoms with E-state index in [-0.39, 0.29) is 18.7 Å². The molecular weight excluding hydrogens is 308 g/mol. The Morgan fingerprint density at radius 2 is 1.83 bits per heavy atom. The van der Waals surface area contributed by atoms with E-state index in [9.17, 15) is 9.59 Å². The van der Waals surface area contributed by atoms with Crippen molar-refractivity contribution in [1.82, 2.24) is 18.7 Å². The van der Waals surface area contributed by atoms with Crippen LogP contribution in [0.25, 0.3) is 11.2 Å². The molecule has 3 rings (SSSR count). The summed E-state index contributed by atoms with van der Waals surface area (Å²) in [7, 11) is 1.61. The molecule has 0 amide bonds. The zero-order chi connectivity index (χ0) is 17.3. The van der Waals surface area contributed by atoms with Gasteiger partial charge in [-0.25, -0.2) is 9.78 Å². The van der Waals surface area contributed by atoms with Crippen LogP contribution in [0.4, 0.5) is 0 Å². The number of aromatic nitrogens is 4. The van der Waals surface area contributed by atoms with Crippen LogP contribution in [0.15, 0.2) is 39.9 Å². The van der Waals surface area contributed by atoms with Crippen LogP contribution in [0.5, 0.6) is 0 Å². The summed E-state index contributed by atoms with van der Waals surface area (Å²) in [5.74, 6) is 0.681. The molecule has 2 heterocycles. The SMILES string of the molecule is Cc1nc2c(c(=O)n(CCCO)c(=O)n2C)n1Cc1ccccc1. The predicted octanol–water partition coefficient (Wildman–Crippen LogP) is 0.636. The summed E-state index contributed by atoms with van der Waals surface area (Å²) in [6.07, 6.45) is 0.354. The molecule has 126 valence electrons. The minimum absolute atomic E-state index is 0.0735. The van der Waals surface area contributed by atoms with E-state index in [0.29, 0.717) is 30.0 Å². The largest absolute Gasteiger partial charge is 0.396 e. The van der Waals surface area contributed by atoms with E-state index >= 15 is 0 Å². The van der Waals surface area contributed by atoms with Gasteiger partial charge in [0.05, 0.1) is 0 Å². The first-order valence-corrected chi connectivity index (χ1v) is 7.86. The Morgan fingerprint density at radius 1 is 1.12 bits per heavy atom. The molecule has 0 aliphatic carbocycles. The van der Waals surface area contributed by atoms with Gasteiger partial charge < -0.3 is 9.67 Å². The quantitative estimate of drug-likeness (QED) is 0.745. The zero-order valence-electron chi connectivity index (χ0n) is 13.8. The Labute approximate surface area is 138 Å². The summed E-state index contributed by atoms with van der Waals surface area (Å²) in [5.41, 5.74) is 1.08. The van der Waals surface area contributed by atoms with Crippen LogP contribution in [-0.4, -0.2) is 30.4 Å². The molecule has 1 N–H and O–H groups in total. The molecule has 0 radical (unpaired) electrons. The second-order valence-corrected chi connectivity index (χ2v) is 5.78. The van der Waals surface area contributed by atoms with Gasteiger partial charge in [0, 0.05) is 26.7 Å². The van der Waals surface area contributed by atoms with Crippen LogP contribution in [0, 0.1) is 6.92 Å². The van der Waals surface area contributed by atoms with Crippen molar-refractivity contribution in [3.8, 4) is 0 Å². The lowest BCUT2D eigenvalue weighted by molar-refractivity contribution is 0.277. The van der Waals surface area contributed by atoms with Crippen LogP contribution >= 0.6 is 0 Å². The molecule has 0 saturated heterocycles. The Bertz CT molecular complexity index is 983. The highest BCUT2D eigenvalue weighted by Crippen LogP contribution is 2.13. The van der Waals surface area contributed by atoms with Gasteiger partial charge in [0.25, 0.3) is 5.56 Å². The number of nitrogens with zero attached hydrogens (tertiary/aromatic N) is 4. The summed E-state index contributed by atoms with van der Waals surface area (Å²) >= 11 is 0. The van der Waals surface area contributed by atoms with Crippen LogP contribution < -0.4 is 11.2 Å². The molecule has 24 heavy (non-hydrogen) atoms. The number of rotatable bonds is 5. The molecule has 7 heteroatoms. The Kier molecular flexibility index (Phi) is 4.35. The summed E-state index contributed by atoms with van der Waals surface area (Å²) in [4.78, 5) is 29.6. The molecule has 0 spiro atoms. The van der Waals surface area contributed by atoms with E-state index in [1.807, 2.05) is 41.8 Å². The van der Waals surface area contributed by atoms with Gasteiger partial charge >= 0.3 is 5.69 Å². The molecule has 0 aliphatic heterocycles. The van der Waals surface area contributed by atoms with Crippen molar-refractivity contribution in [2.75, 3.05) is 6.61 Å². The van der Waals surface area contributed by atoms with Crippen LogP contribution in [0.3, 0.4) is 0 Å². The van der Waals surface area contributed by atoms with E-state index in [1.54, 1.807) is 7.05 Å². The highest BCUT2D eigenvalue weighted by atomic mass is 16.3. The lowest BCUT2D eigenvalue weighted by atomic mass is 10.2. The van der Waals surface area contributed by atoms with E-state index in [1.165, 1.54) is 9.13 Å². The number of fused-ring (bicyclic) bond motifs is 1. The Morgan fingerprint density at radius 3 is 2.50 bits per heavy atom. The van der Waals surface area contributed by atoms with Crippen LogP contribution in [0.2, 0.25) is 0 Å². The van der Waals surface area contributed by atoms with Gasteiger partial charge in [-0.15, -0.1) is 0 Å². The van der Waals surface area contributed by atoms with Gasteiger partial charge in [-0.1, -0.05) is 30.3 Å². The van der Waals surface area contributed by atoms with E-state index in [0.717, 1.165) is 5.56 Å². The second kappa shape index (κ2) is 6.45. The van der Waals surface area contributed by atoms with Crippen molar-refractivity contribution in [3.05, 3.63) is 62.6 Å². The fourth-order valence-electron chi connectivity index (χ4n) is 2.87. The lowest BCUT2D eigenvalue weighted by Crippen LogP contribution is -2.39. The monoisotopic (exact) mass is 328 g/mol. The van der Waals surface area contributed by atoms with Crippen LogP contribution in [-0.2, 0) is 20.1 Å².